The zero-order valence-corrected chi connectivity index (χ0v) is 11.0. The van der Waals surface area contributed by atoms with Crippen LogP contribution in [0, 0.1) is 12.7 Å². The highest BCUT2D eigenvalue weighted by Crippen LogP contribution is 2.29. The summed E-state index contributed by atoms with van der Waals surface area (Å²) >= 11 is 7.56. The van der Waals surface area contributed by atoms with Crippen molar-refractivity contribution < 1.29 is 4.39 Å². The van der Waals surface area contributed by atoms with E-state index >= 15 is 0 Å². The predicted molar refractivity (Wildman–Crippen MR) is 71.1 cm³/mol. The van der Waals surface area contributed by atoms with Gasteiger partial charge in [-0.05, 0) is 48.1 Å². The highest BCUT2D eigenvalue weighted by molar-refractivity contribution is 7.10. The van der Waals surface area contributed by atoms with E-state index < -0.39 is 0 Å². The van der Waals surface area contributed by atoms with Crippen LogP contribution in [0.25, 0.3) is 0 Å². The minimum Gasteiger partial charge on any atom is -0.323 e. The Labute approximate surface area is 109 Å². The summed E-state index contributed by atoms with van der Waals surface area (Å²) in [4.78, 5) is 0.954. The molecule has 0 aliphatic rings. The predicted octanol–water partition coefficient (Wildman–Crippen LogP) is 4.09. The fourth-order valence-corrected chi connectivity index (χ4v) is 2.96. The van der Waals surface area contributed by atoms with Crippen LogP contribution in [0.2, 0.25) is 5.02 Å². The van der Waals surface area contributed by atoms with Gasteiger partial charge in [-0.25, -0.2) is 4.39 Å². The van der Waals surface area contributed by atoms with E-state index in [1.165, 1.54) is 23.5 Å². The first-order valence-electron chi connectivity index (χ1n) is 5.31. The van der Waals surface area contributed by atoms with Gasteiger partial charge in [-0.15, -0.1) is 11.3 Å². The maximum atomic E-state index is 13.2. The maximum Gasteiger partial charge on any atom is 0.123 e. The topological polar surface area (TPSA) is 26.0 Å². The summed E-state index contributed by atoms with van der Waals surface area (Å²) < 4.78 is 13.2. The van der Waals surface area contributed by atoms with Gasteiger partial charge in [-0.1, -0.05) is 17.7 Å². The molecule has 17 heavy (non-hydrogen) atoms. The molecule has 2 aromatic rings. The van der Waals surface area contributed by atoms with E-state index in [0.29, 0.717) is 11.4 Å². The van der Waals surface area contributed by atoms with Crippen LogP contribution in [-0.4, -0.2) is 0 Å². The molecule has 1 heterocycles. The highest BCUT2D eigenvalue weighted by atomic mass is 35.5. The second kappa shape index (κ2) is 5.17. The Balaban J connectivity index is 2.21. The first-order valence-corrected chi connectivity index (χ1v) is 6.57. The van der Waals surface area contributed by atoms with Gasteiger partial charge in [-0.3, -0.25) is 0 Å². The molecule has 0 radical (unpaired) electrons. The van der Waals surface area contributed by atoms with E-state index in [2.05, 4.69) is 0 Å². The van der Waals surface area contributed by atoms with Crippen LogP contribution < -0.4 is 5.73 Å². The Hall–Kier alpha value is -0.900. The third kappa shape index (κ3) is 2.86. The van der Waals surface area contributed by atoms with Crippen LogP contribution >= 0.6 is 22.9 Å². The van der Waals surface area contributed by atoms with Crippen LogP contribution in [0.5, 0.6) is 0 Å². The lowest BCUT2D eigenvalue weighted by Gasteiger charge is -2.12. The second-order valence-electron chi connectivity index (χ2n) is 4.01. The Kier molecular flexibility index (Phi) is 3.82. The van der Waals surface area contributed by atoms with E-state index in [1.54, 1.807) is 6.07 Å². The molecule has 0 saturated heterocycles. The third-order valence-electron chi connectivity index (χ3n) is 2.73. The van der Waals surface area contributed by atoms with Gasteiger partial charge in [0.2, 0.25) is 0 Å². The quantitative estimate of drug-likeness (QED) is 0.892. The van der Waals surface area contributed by atoms with Crippen LogP contribution in [-0.2, 0) is 6.42 Å². The van der Waals surface area contributed by atoms with Gasteiger partial charge in [0.1, 0.15) is 5.82 Å². The van der Waals surface area contributed by atoms with Crippen molar-refractivity contribution in [2.75, 3.05) is 0 Å². The van der Waals surface area contributed by atoms with Crippen molar-refractivity contribution in [2.45, 2.75) is 19.4 Å². The molecule has 0 aliphatic heterocycles. The lowest BCUT2D eigenvalue weighted by atomic mass is 10.0. The monoisotopic (exact) mass is 269 g/mol. The summed E-state index contributed by atoms with van der Waals surface area (Å²) in [7, 11) is 0. The number of rotatable bonds is 3. The first kappa shape index (κ1) is 12.6. The smallest absolute Gasteiger partial charge is 0.123 e. The van der Waals surface area contributed by atoms with Crippen LogP contribution in [0.15, 0.2) is 29.6 Å². The van der Waals surface area contributed by atoms with Gasteiger partial charge < -0.3 is 5.73 Å². The third-order valence-corrected chi connectivity index (χ3v) is 4.22. The van der Waals surface area contributed by atoms with Crippen molar-refractivity contribution in [1.29, 1.82) is 0 Å². The van der Waals surface area contributed by atoms with E-state index in [-0.39, 0.29) is 11.9 Å². The summed E-state index contributed by atoms with van der Waals surface area (Å²) in [6.07, 6.45) is 0.601. The molecule has 0 fully saturated rings. The number of aryl methyl sites for hydroxylation is 1. The Morgan fingerprint density at radius 3 is 2.82 bits per heavy atom. The summed E-state index contributed by atoms with van der Waals surface area (Å²) in [6, 6.07) is 6.43. The number of nitrogens with two attached hydrogens (primary N) is 1. The molecule has 1 nitrogen and oxygen atoms in total. The highest BCUT2D eigenvalue weighted by Gasteiger charge is 2.13. The molecule has 1 aromatic heterocycles. The average molecular weight is 270 g/mol. The molecule has 1 atom stereocenters. The van der Waals surface area contributed by atoms with Crippen molar-refractivity contribution in [3.63, 3.8) is 0 Å². The fourth-order valence-electron chi connectivity index (χ4n) is 1.76. The molecular formula is C13H13ClFNS. The van der Waals surface area contributed by atoms with E-state index in [1.807, 2.05) is 18.4 Å². The molecule has 2 rings (SSSR count). The number of hydrogen-bond donors (Lipinski definition) is 1. The van der Waals surface area contributed by atoms with Gasteiger partial charge in [0.05, 0.1) is 5.02 Å². The van der Waals surface area contributed by atoms with Crippen molar-refractivity contribution >= 4 is 22.9 Å². The number of hydrogen-bond acceptors (Lipinski definition) is 2. The Morgan fingerprint density at radius 1 is 1.41 bits per heavy atom. The zero-order chi connectivity index (χ0) is 12.4. The fraction of sp³-hybridized carbons (Fsp3) is 0.231. The van der Waals surface area contributed by atoms with Crippen LogP contribution in [0.4, 0.5) is 4.39 Å². The molecule has 0 aliphatic carbocycles. The van der Waals surface area contributed by atoms with E-state index in [4.69, 9.17) is 17.3 Å². The molecule has 1 unspecified atom stereocenters. The molecule has 0 saturated carbocycles. The largest absolute Gasteiger partial charge is 0.323 e. The van der Waals surface area contributed by atoms with Crippen molar-refractivity contribution in [3.05, 3.63) is 56.5 Å². The van der Waals surface area contributed by atoms with E-state index in [0.717, 1.165) is 16.0 Å². The minimum absolute atomic E-state index is 0.178. The molecule has 2 N–H and O–H groups in total. The molecule has 0 amide bonds. The Bertz CT molecular complexity index is 524. The molecule has 0 bridgehead atoms. The zero-order valence-electron chi connectivity index (χ0n) is 9.41. The minimum atomic E-state index is -0.227. The lowest BCUT2D eigenvalue weighted by molar-refractivity contribution is 0.621. The lowest BCUT2D eigenvalue weighted by Crippen LogP contribution is -2.13. The van der Waals surface area contributed by atoms with Gasteiger partial charge in [0, 0.05) is 10.9 Å². The number of halogens is 2. The summed E-state index contributed by atoms with van der Waals surface area (Å²) in [5.41, 5.74) is 8.08. The standard InChI is InChI=1S/C13H13ClFNS/c1-8-2-3-10(15)6-9(8)7-12(16)13-11(14)4-5-17-13/h2-6,12H,7,16H2,1H3. The molecule has 90 valence electrons. The van der Waals surface area contributed by atoms with Crippen molar-refractivity contribution in [3.8, 4) is 0 Å². The summed E-state index contributed by atoms with van der Waals surface area (Å²) in [5.74, 6) is -0.227. The average Bonchev–Trinajstić information content (AvgIpc) is 2.70. The first-order chi connectivity index (χ1) is 8.08. The van der Waals surface area contributed by atoms with Gasteiger partial charge in [-0.2, -0.15) is 0 Å². The van der Waals surface area contributed by atoms with Crippen molar-refractivity contribution in [1.82, 2.24) is 0 Å². The summed E-state index contributed by atoms with van der Waals surface area (Å²) in [5, 5.41) is 2.60. The SMILES string of the molecule is Cc1ccc(F)cc1CC(N)c1sccc1Cl. The van der Waals surface area contributed by atoms with Gasteiger partial charge in [0.15, 0.2) is 0 Å². The van der Waals surface area contributed by atoms with Crippen molar-refractivity contribution in [2.24, 2.45) is 5.73 Å². The Morgan fingerprint density at radius 2 is 2.18 bits per heavy atom. The number of thiophene rings is 1. The second-order valence-corrected chi connectivity index (χ2v) is 5.37. The molecule has 1 aromatic carbocycles. The normalized spacial score (nSPS) is 12.7. The van der Waals surface area contributed by atoms with Gasteiger partial charge in [0.25, 0.3) is 0 Å². The van der Waals surface area contributed by atoms with Gasteiger partial charge >= 0.3 is 0 Å². The summed E-state index contributed by atoms with van der Waals surface area (Å²) in [6.45, 7) is 1.96. The molecule has 0 spiro atoms. The molecular weight excluding hydrogens is 257 g/mol. The molecule has 4 heteroatoms. The maximum absolute atomic E-state index is 13.2. The van der Waals surface area contributed by atoms with Crippen LogP contribution in [0.1, 0.15) is 22.0 Å². The van der Waals surface area contributed by atoms with Crippen LogP contribution in [0.3, 0.4) is 0 Å². The number of benzene rings is 1. The van der Waals surface area contributed by atoms with E-state index in [9.17, 15) is 4.39 Å².